The van der Waals surface area contributed by atoms with Gasteiger partial charge in [0.1, 0.15) is 29.1 Å². The molecular weight excluding hydrogens is 642 g/mol. The summed E-state index contributed by atoms with van der Waals surface area (Å²) in [5, 5.41) is 5.01. The van der Waals surface area contributed by atoms with E-state index in [4.69, 9.17) is 14.2 Å². The third kappa shape index (κ3) is 18.4. The lowest BCUT2D eigenvalue weighted by Gasteiger charge is -2.26. The van der Waals surface area contributed by atoms with E-state index in [1.165, 1.54) is 7.11 Å². The molecule has 2 atom stereocenters. The summed E-state index contributed by atoms with van der Waals surface area (Å²) in [5.74, 6) is -2.04. The van der Waals surface area contributed by atoms with Crippen LogP contribution in [0.5, 0.6) is 0 Å². The van der Waals surface area contributed by atoms with Gasteiger partial charge in [-0.25, -0.2) is 14.4 Å². The molecule has 0 aliphatic heterocycles. The third-order valence-electron chi connectivity index (χ3n) is 7.21. The number of carbonyl (C=O) groups excluding carboxylic acids is 5. The Balaban J connectivity index is 1.87. The van der Waals surface area contributed by atoms with Gasteiger partial charge < -0.3 is 24.8 Å². The number of unbranched alkanes of at least 4 members (excludes halogenated alkanes) is 2. The first-order valence-electron chi connectivity index (χ1n) is 17.2. The highest BCUT2D eigenvalue weighted by atomic mass is 16.6. The first-order chi connectivity index (χ1) is 23.5. The van der Waals surface area contributed by atoms with E-state index in [1.807, 2.05) is 36.4 Å². The van der Waals surface area contributed by atoms with Crippen LogP contribution in [0.15, 0.2) is 48.8 Å². The number of hydrogen-bond donors (Lipinski definition) is 2. The first-order valence-corrected chi connectivity index (χ1v) is 17.2. The van der Waals surface area contributed by atoms with Crippen molar-refractivity contribution in [3.05, 3.63) is 60.2 Å². The second-order valence-electron chi connectivity index (χ2n) is 14.1. The normalized spacial score (nSPS) is 12.8. The number of urea groups is 1. The molecule has 2 rings (SSSR count). The van der Waals surface area contributed by atoms with E-state index in [0.717, 1.165) is 30.8 Å². The largest absolute Gasteiger partial charge is 0.467 e. The standard InChI is InChI=1S/C37H55N5O8/c1-36(2,3)49-32(44)21-20-31(34(46)50-37(4,5)6)41-35(47)40-30(33(45)48-7)19-18-29(43)17-9-8-14-24-42(25-27-15-10-12-22-38-27)26-28-16-11-13-23-39-28/h10-13,15-16,22-23,30-31H,8-9,14,17-21,24-26H2,1-7H3,(H2,40,41,47)/t30-,31-/m0/s1. The number of ether oxygens (including phenoxy) is 3. The second kappa shape index (κ2) is 21.0. The molecule has 2 aromatic rings. The number of pyridine rings is 2. The van der Waals surface area contributed by atoms with Crippen molar-refractivity contribution in [1.82, 2.24) is 25.5 Å². The lowest BCUT2D eigenvalue weighted by atomic mass is 10.0. The molecule has 0 saturated heterocycles. The smallest absolute Gasteiger partial charge is 0.329 e. The van der Waals surface area contributed by atoms with Crippen LogP contribution in [0.25, 0.3) is 0 Å². The molecule has 0 radical (unpaired) electrons. The van der Waals surface area contributed by atoms with E-state index in [2.05, 4.69) is 25.5 Å². The molecule has 2 aromatic heterocycles. The Bertz CT molecular complexity index is 1320. The van der Waals surface area contributed by atoms with Crippen molar-refractivity contribution in [1.29, 1.82) is 0 Å². The van der Waals surface area contributed by atoms with Crippen LogP contribution in [0.1, 0.15) is 104 Å². The Labute approximate surface area is 296 Å². The predicted octanol–water partition coefficient (Wildman–Crippen LogP) is 5.06. The van der Waals surface area contributed by atoms with Crippen molar-refractivity contribution in [3.63, 3.8) is 0 Å². The van der Waals surface area contributed by atoms with Crippen molar-refractivity contribution < 1.29 is 38.2 Å². The van der Waals surface area contributed by atoms with Gasteiger partial charge in [0.25, 0.3) is 0 Å². The number of methoxy groups -OCH3 is 1. The fourth-order valence-corrected chi connectivity index (χ4v) is 4.95. The van der Waals surface area contributed by atoms with Crippen molar-refractivity contribution in [2.24, 2.45) is 0 Å². The average molecular weight is 698 g/mol. The number of hydrogen-bond acceptors (Lipinski definition) is 11. The van der Waals surface area contributed by atoms with Crippen LogP contribution in [0, 0.1) is 0 Å². The minimum Gasteiger partial charge on any atom is -0.467 e. The van der Waals surface area contributed by atoms with Gasteiger partial charge >= 0.3 is 23.9 Å². The molecule has 0 aliphatic carbocycles. The first kappa shape index (κ1) is 41.8. The Hall–Kier alpha value is -4.39. The number of nitrogens with zero attached hydrogens (tertiary/aromatic N) is 3. The zero-order valence-electron chi connectivity index (χ0n) is 30.7. The van der Waals surface area contributed by atoms with E-state index in [9.17, 15) is 24.0 Å². The van der Waals surface area contributed by atoms with Gasteiger partial charge in [-0.2, -0.15) is 0 Å². The van der Waals surface area contributed by atoms with Gasteiger partial charge in [0.15, 0.2) is 0 Å². The number of ketones is 1. The number of carbonyl (C=O) groups is 5. The van der Waals surface area contributed by atoms with Gasteiger partial charge in [0, 0.05) is 44.7 Å². The quantitative estimate of drug-likeness (QED) is 0.108. The molecule has 0 bridgehead atoms. The van der Waals surface area contributed by atoms with Crippen molar-refractivity contribution in [3.8, 4) is 0 Å². The summed E-state index contributed by atoms with van der Waals surface area (Å²) in [7, 11) is 1.19. The monoisotopic (exact) mass is 697 g/mol. The molecular formula is C37H55N5O8. The van der Waals surface area contributed by atoms with Gasteiger partial charge in [-0.05, 0) is 98.0 Å². The topological polar surface area (TPSA) is 166 Å². The van der Waals surface area contributed by atoms with E-state index in [-0.39, 0.29) is 31.5 Å². The highest BCUT2D eigenvalue weighted by Gasteiger charge is 2.30. The summed E-state index contributed by atoms with van der Waals surface area (Å²) in [6.45, 7) is 12.4. The van der Waals surface area contributed by atoms with Crippen molar-refractivity contribution >= 4 is 29.7 Å². The lowest BCUT2D eigenvalue weighted by molar-refractivity contribution is -0.158. The lowest BCUT2D eigenvalue weighted by Crippen LogP contribution is -2.52. The van der Waals surface area contributed by atoms with Crippen LogP contribution in [-0.4, -0.2) is 81.5 Å². The average Bonchev–Trinajstić information content (AvgIpc) is 3.03. The molecule has 0 saturated carbocycles. The summed E-state index contributed by atoms with van der Waals surface area (Å²) in [4.78, 5) is 74.6. The van der Waals surface area contributed by atoms with Crippen LogP contribution in [-0.2, 0) is 46.5 Å². The van der Waals surface area contributed by atoms with E-state index >= 15 is 0 Å². The van der Waals surface area contributed by atoms with Crippen LogP contribution >= 0.6 is 0 Å². The molecule has 13 heteroatoms. The van der Waals surface area contributed by atoms with Gasteiger partial charge in [-0.3, -0.25) is 24.5 Å². The molecule has 0 fully saturated rings. The number of aromatic nitrogens is 2. The molecule has 50 heavy (non-hydrogen) atoms. The van der Waals surface area contributed by atoms with E-state index in [1.54, 1.807) is 53.9 Å². The highest BCUT2D eigenvalue weighted by Crippen LogP contribution is 2.15. The predicted molar refractivity (Wildman–Crippen MR) is 187 cm³/mol. The minimum absolute atomic E-state index is 0.0237. The summed E-state index contributed by atoms with van der Waals surface area (Å²) in [6, 6.07) is 8.56. The van der Waals surface area contributed by atoms with Crippen LogP contribution in [0.3, 0.4) is 0 Å². The van der Waals surface area contributed by atoms with E-state index in [0.29, 0.717) is 25.9 Å². The number of nitrogens with one attached hydrogen (secondary N) is 2. The number of Topliss-reactive ketones (excluding diaryl/α,β-unsaturated/α-hetero) is 1. The van der Waals surface area contributed by atoms with E-state index < -0.39 is 47.2 Å². The molecule has 2 N–H and O–H groups in total. The number of rotatable bonds is 20. The molecule has 2 heterocycles. The molecule has 0 aliphatic rings. The van der Waals surface area contributed by atoms with Crippen molar-refractivity contribution in [2.75, 3.05) is 13.7 Å². The fourth-order valence-electron chi connectivity index (χ4n) is 4.95. The summed E-state index contributed by atoms with van der Waals surface area (Å²) in [6.07, 6.45) is 6.15. The molecule has 0 spiro atoms. The SMILES string of the molecule is COC(=O)[C@H](CCC(=O)CCCCCN(Cc1ccccn1)Cc1ccccn1)NC(=O)N[C@@H](CCC(=O)OC(C)(C)C)C(=O)OC(C)(C)C. The van der Waals surface area contributed by atoms with Crippen LogP contribution < -0.4 is 10.6 Å². The minimum atomic E-state index is -1.19. The van der Waals surface area contributed by atoms with Gasteiger partial charge in [0.2, 0.25) is 0 Å². The summed E-state index contributed by atoms with van der Waals surface area (Å²) >= 11 is 0. The molecule has 276 valence electrons. The maximum atomic E-state index is 13.0. The zero-order chi connectivity index (χ0) is 37.2. The Kier molecular flexibility index (Phi) is 17.5. The van der Waals surface area contributed by atoms with Gasteiger partial charge in [-0.1, -0.05) is 18.6 Å². The van der Waals surface area contributed by atoms with Crippen LogP contribution in [0.4, 0.5) is 4.79 Å². The third-order valence-corrected chi connectivity index (χ3v) is 7.21. The molecule has 2 amide bonds. The number of esters is 3. The van der Waals surface area contributed by atoms with Crippen molar-refractivity contribution in [2.45, 2.75) is 129 Å². The molecule has 13 nitrogen and oxygen atoms in total. The Morgan fingerprint density at radius 2 is 1.24 bits per heavy atom. The highest BCUT2D eigenvalue weighted by molar-refractivity contribution is 5.88. The zero-order valence-corrected chi connectivity index (χ0v) is 30.7. The molecule has 0 aromatic carbocycles. The van der Waals surface area contributed by atoms with Gasteiger partial charge in [0.05, 0.1) is 18.5 Å². The number of amides is 2. The Morgan fingerprint density at radius 3 is 1.74 bits per heavy atom. The summed E-state index contributed by atoms with van der Waals surface area (Å²) < 4.78 is 15.6. The maximum absolute atomic E-state index is 13.0. The molecule has 0 unspecified atom stereocenters. The maximum Gasteiger partial charge on any atom is 0.329 e. The summed E-state index contributed by atoms with van der Waals surface area (Å²) in [5.41, 5.74) is 0.397. The fraction of sp³-hybridized carbons (Fsp3) is 0.595. The van der Waals surface area contributed by atoms with Gasteiger partial charge in [-0.15, -0.1) is 0 Å². The Morgan fingerprint density at radius 1 is 0.700 bits per heavy atom. The van der Waals surface area contributed by atoms with Crippen LogP contribution in [0.2, 0.25) is 0 Å². The second-order valence-corrected chi connectivity index (χ2v) is 14.1.